The third kappa shape index (κ3) is 1.53. The maximum absolute atomic E-state index is 12.6. The van der Waals surface area contributed by atoms with Gasteiger partial charge in [-0.2, -0.15) is 0 Å². The predicted molar refractivity (Wildman–Crippen MR) is 68.0 cm³/mol. The summed E-state index contributed by atoms with van der Waals surface area (Å²) in [6.07, 6.45) is 6.61. The van der Waals surface area contributed by atoms with E-state index in [1.807, 2.05) is 6.92 Å². The topological polar surface area (TPSA) is 35.5 Å². The largest absolute Gasteiger partial charge is 0.348 e. The molecule has 1 saturated carbocycles. The first kappa shape index (κ1) is 12.4. The van der Waals surface area contributed by atoms with E-state index >= 15 is 0 Å². The van der Waals surface area contributed by atoms with Gasteiger partial charge in [-0.25, -0.2) is 0 Å². The lowest BCUT2D eigenvalue weighted by Crippen LogP contribution is -2.63. The van der Waals surface area contributed by atoms with Crippen molar-refractivity contribution >= 4 is 5.78 Å². The number of allylic oxidation sites excluding steroid dienone is 2. The van der Waals surface area contributed by atoms with Gasteiger partial charge in [0.25, 0.3) is 0 Å². The molecule has 1 spiro atoms. The lowest BCUT2D eigenvalue weighted by molar-refractivity contribution is -0.346. The molecule has 2 bridgehead atoms. The minimum Gasteiger partial charge on any atom is -0.348 e. The quantitative estimate of drug-likeness (QED) is 0.620. The lowest BCUT2D eigenvalue weighted by atomic mass is 9.60. The SMILES string of the molecule is CC1(C)COC2(CCC3C=CCC2(C)C3=O)OC1. The lowest BCUT2D eigenvalue weighted by Gasteiger charge is -2.56. The first-order valence-corrected chi connectivity index (χ1v) is 6.88. The van der Waals surface area contributed by atoms with Gasteiger partial charge < -0.3 is 9.47 Å². The maximum atomic E-state index is 12.6. The number of ketones is 1. The second-order valence-electron chi connectivity index (χ2n) is 6.97. The molecule has 100 valence electrons. The van der Waals surface area contributed by atoms with Crippen LogP contribution >= 0.6 is 0 Å². The third-order valence-electron chi connectivity index (χ3n) is 4.79. The van der Waals surface area contributed by atoms with Gasteiger partial charge in [0.05, 0.1) is 18.6 Å². The molecule has 2 unspecified atom stereocenters. The molecule has 3 nitrogen and oxygen atoms in total. The van der Waals surface area contributed by atoms with E-state index in [1.165, 1.54) is 0 Å². The van der Waals surface area contributed by atoms with Crippen LogP contribution in [0, 0.1) is 16.7 Å². The Balaban J connectivity index is 1.93. The number of fused-ring (bicyclic) bond motifs is 3. The van der Waals surface area contributed by atoms with Crippen LogP contribution in [0.4, 0.5) is 0 Å². The molecule has 0 aromatic carbocycles. The summed E-state index contributed by atoms with van der Waals surface area (Å²) in [5, 5.41) is 0. The summed E-state index contributed by atoms with van der Waals surface area (Å²) in [6, 6.07) is 0. The van der Waals surface area contributed by atoms with Crippen LogP contribution in [0.1, 0.15) is 40.0 Å². The molecular weight excluding hydrogens is 228 g/mol. The van der Waals surface area contributed by atoms with Gasteiger partial charge in [-0.05, 0) is 19.8 Å². The fourth-order valence-corrected chi connectivity index (χ4v) is 3.43. The first-order valence-electron chi connectivity index (χ1n) is 6.88. The molecule has 0 aromatic heterocycles. The average molecular weight is 250 g/mol. The standard InChI is InChI=1S/C15H22O3/c1-13(2)9-17-15(18-10-13)8-6-11-5-4-7-14(15,3)12(11)16/h4-5,11H,6-10H2,1-3H3. The summed E-state index contributed by atoms with van der Waals surface area (Å²) in [5.41, 5.74) is -0.451. The van der Waals surface area contributed by atoms with Crippen molar-refractivity contribution < 1.29 is 14.3 Å². The van der Waals surface area contributed by atoms with Crippen LogP contribution in [-0.4, -0.2) is 24.8 Å². The van der Waals surface area contributed by atoms with Crippen molar-refractivity contribution in [2.75, 3.05) is 13.2 Å². The van der Waals surface area contributed by atoms with Gasteiger partial charge in [-0.1, -0.05) is 26.0 Å². The number of hydrogen-bond acceptors (Lipinski definition) is 3. The van der Waals surface area contributed by atoms with Crippen LogP contribution in [0.2, 0.25) is 0 Å². The summed E-state index contributed by atoms with van der Waals surface area (Å²) < 4.78 is 12.2. The molecule has 2 atom stereocenters. The molecule has 0 aromatic rings. The van der Waals surface area contributed by atoms with Crippen molar-refractivity contribution in [3.05, 3.63) is 12.2 Å². The van der Waals surface area contributed by atoms with Gasteiger partial charge >= 0.3 is 0 Å². The van der Waals surface area contributed by atoms with Crippen molar-refractivity contribution in [1.29, 1.82) is 0 Å². The second kappa shape index (κ2) is 3.67. The smallest absolute Gasteiger partial charge is 0.180 e. The number of carbonyl (C=O) groups is 1. The number of rotatable bonds is 0. The highest BCUT2D eigenvalue weighted by Crippen LogP contribution is 2.54. The summed E-state index contributed by atoms with van der Waals surface area (Å²) in [4.78, 5) is 12.6. The van der Waals surface area contributed by atoms with Crippen LogP contribution in [0.15, 0.2) is 12.2 Å². The van der Waals surface area contributed by atoms with Crippen molar-refractivity contribution in [3.8, 4) is 0 Å². The van der Waals surface area contributed by atoms with Crippen molar-refractivity contribution in [1.82, 2.24) is 0 Å². The maximum Gasteiger partial charge on any atom is 0.180 e. The van der Waals surface area contributed by atoms with Crippen LogP contribution in [0.25, 0.3) is 0 Å². The molecular formula is C15H22O3. The summed E-state index contributed by atoms with van der Waals surface area (Å²) in [7, 11) is 0. The molecule has 0 amide bonds. The van der Waals surface area contributed by atoms with E-state index in [9.17, 15) is 4.79 Å². The molecule has 1 aliphatic heterocycles. The Hall–Kier alpha value is -0.670. The second-order valence-corrected chi connectivity index (χ2v) is 6.97. The van der Waals surface area contributed by atoms with E-state index in [2.05, 4.69) is 26.0 Å². The van der Waals surface area contributed by atoms with E-state index in [0.29, 0.717) is 19.0 Å². The number of Topliss-reactive ketones (excluding diaryl/α,β-unsaturated/α-hetero) is 1. The zero-order valence-corrected chi connectivity index (χ0v) is 11.5. The first-order chi connectivity index (χ1) is 8.39. The Bertz CT molecular complexity index is 400. The normalized spacial score (nSPS) is 41.1. The Morgan fingerprint density at radius 3 is 2.56 bits per heavy atom. The molecule has 3 heteroatoms. The number of ether oxygens (including phenoxy) is 2. The molecule has 18 heavy (non-hydrogen) atoms. The highest BCUT2D eigenvalue weighted by atomic mass is 16.7. The Labute approximate surface area is 109 Å². The highest BCUT2D eigenvalue weighted by Gasteiger charge is 2.61. The number of hydrogen-bond donors (Lipinski definition) is 0. The van der Waals surface area contributed by atoms with Crippen LogP contribution < -0.4 is 0 Å². The zero-order chi connectivity index (χ0) is 13.0. The highest BCUT2D eigenvalue weighted by molar-refractivity contribution is 5.91. The van der Waals surface area contributed by atoms with E-state index < -0.39 is 11.2 Å². The van der Waals surface area contributed by atoms with Gasteiger partial charge in [-0.15, -0.1) is 0 Å². The van der Waals surface area contributed by atoms with Gasteiger partial charge in [-0.3, -0.25) is 4.79 Å². The monoisotopic (exact) mass is 250 g/mol. The molecule has 2 fully saturated rings. The van der Waals surface area contributed by atoms with E-state index in [1.54, 1.807) is 0 Å². The van der Waals surface area contributed by atoms with Gasteiger partial charge in [0, 0.05) is 17.8 Å². The van der Waals surface area contributed by atoms with Crippen LogP contribution in [-0.2, 0) is 14.3 Å². The molecule has 0 N–H and O–H groups in total. The minimum absolute atomic E-state index is 0.0476. The number of carbonyl (C=O) groups excluding carboxylic acids is 1. The predicted octanol–water partition coefficient (Wildman–Crippen LogP) is 2.70. The molecule has 1 heterocycles. The summed E-state index contributed by atoms with van der Waals surface area (Å²) in [5.74, 6) is -0.298. The fourth-order valence-electron chi connectivity index (χ4n) is 3.43. The van der Waals surface area contributed by atoms with Gasteiger partial charge in [0.15, 0.2) is 11.6 Å². The average Bonchev–Trinajstić information content (AvgIpc) is 2.31. The van der Waals surface area contributed by atoms with E-state index in [-0.39, 0.29) is 11.3 Å². The molecule has 2 aliphatic carbocycles. The fraction of sp³-hybridized carbons (Fsp3) is 0.800. The molecule has 3 rings (SSSR count). The van der Waals surface area contributed by atoms with Crippen molar-refractivity contribution in [2.24, 2.45) is 16.7 Å². The van der Waals surface area contributed by atoms with E-state index in [0.717, 1.165) is 19.3 Å². The summed E-state index contributed by atoms with van der Waals surface area (Å²) in [6.45, 7) is 7.63. The Morgan fingerprint density at radius 2 is 1.89 bits per heavy atom. The van der Waals surface area contributed by atoms with Crippen molar-refractivity contribution in [3.63, 3.8) is 0 Å². The molecule has 3 aliphatic rings. The molecule has 1 saturated heterocycles. The molecule has 0 radical (unpaired) electrons. The van der Waals surface area contributed by atoms with Gasteiger partial charge in [0.2, 0.25) is 0 Å². The Morgan fingerprint density at radius 1 is 1.22 bits per heavy atom. The van der Waals surface area contributed by atoms with Crippen LogP contribution in [0.3, 0.4) is 0 Å². The summed E-state index contributed by atoms with van der Waals surface area (Å²) >= 11 is 0. The van der Waals surface area contributed by atoms with Gasteiger partial charge in [0.1, 0.15) is 0 Å². The zero-order valence-electron chi connectivity index (χ0n) is 11.5. The third-order valence-corrected chi connectivity index (χ3v) is 4.79. The van der Waals surface area contributed by atoms with Crippen molar-refractivity contribution in [2.45, 2.75) is 45.8 Å². The van der Waals surface area contributed by atoms with E-state index in [4.69, 9.17) is 9.47 Å². The Kier molecular flexibility index (Phi) is 2.52. The van der Waals surface area contributed by atoms with Crippen LogP contribution in [0.5, 0.6) is 0 Å². The minimum atomic E-state index is -0.680.